The first kappa shape index (κ1) is 15.1. The minimum atomic E-state index is -0.554. The van der Waals surface area contributed by atoms with Crippen molar-refractivity contribution in [2.45, 2.75) is 38.8 Å². The van der Waals surface area contributed by atoms with Gasteiger partial charge in [0.15, 0.2) is 0 Å². The molecule has 102 valence electrons. The average Bonchev–Trinajstić information content (AvgIpc) is 2.27. The Hall–Kier alpha value is -1.00. The number of hydrogen-bond acceptors (Lipinski definition) is 2. The summed E-state index contributed by atoms with van der Waals surface area (Å²) in [7, 11) is 1.81. The molecule has 0 aliphatic rings. The second kappa shape index (κ2) is 6.25. The van der Waals surface area contributed by atoms with Crippen molar-refractivity contribution in [3.63, 3.8) is 0 Å². The van der Waals surface area contributed by atoms with Gasteiger partial charge >= 0.3 is 0 Å². The summed E-state index contributed by atoms with van der Waals surface area (Å²) in [6, 6.07) is 3.63. The van der Waals surface area contributed by atoms with Crippen LogP contribution in [0.25, 0.3) is 0 Å². The van der Waals surface area contributed by atoms with Crippen LogP contribution in [0.2, 0.25) is 0 Å². The lowest BCUT2D eigenvalue weighted by molar-refractivity contribution is -0.0364. The van der Waals surface area contributed by atoms with Gasteiger partial charge in [0.1, 0.15) is 11.6 Å². The Morgan fingerprint density at radius 3 is 2.50 bits per heavy atom. The van der Waals surface area contributed by atoms with Crippen LogP contribution in [0.1, 0.15) is 26.3 Å². The Kier molecular flexibility index (Phi) is 5.23. The zero-order valence-corrected chi connectivity index (χ0v) is 11.4. The fourth-order valence-corrected chi connectivity index (χ4v) is 2.08. The van der Waals surface area contributed by atoms with E-state index in [1.807, 2.05) is 27.8 Å². The third-order valence-electron chi connectivity index (χ3n) is 3.14. The van der Waals surface area contributed by atoms with E-state index >= 15 is 0 Å². The number of ether oxygens (including phenoxy) is 1. The maximum atomic E-state index is 13.6. The van der Waals surface area contributed by atoms with Crippen molar-refractivity contribution < 1.29 is 13.5 Å². The highest BCUT2D eigenvalue weighted by Crippen LogP contribution is 2.20. The maximum Gasteiger partial charge on any atom is 0.129 e. The van der Waals surface area contributed by atoms with Crippen molar-refractivity contribution in [3.05, 3.63) is 35.4 Å². The van der Waals surface area contributed by atoms with Gasteiger partial charge in [-0.1, -0.05) is 6.07 Å². The number of hydrogen-bond donors (Lipinski definition) is 1. The summed E-state index contributed by atoms with van der Waals surface area (Å²) in [5.74, 6) is -1.07. The Morgan fingerprint density at radius 1 is 1.33 bits per heavy atom. The molecule has 0 aliphatic heterocycles. The largest absolute Gasteiger partial charge is 0.374 e. The molecule has 18 heavy (non-hydrogen) atoms. The van der Waals surface area contributed by atoms with E-state index in [1.165, 1.54) is 12.1 Å². The molecule has 1 aromatic carbocycles. The van der Waals surface area contributed by atoms with Crippen molar-refractivity contribution in [2.24, 2.45) is 0 Å². The number of nitrogens with one attached hydrogen (secondary N) is 1. The normalized spacial score (nSPS) is 13.7. The van der Waals surface area contributed by atoms with Crippen LogP contribution in [-0.4, -0.2) is 25.3 Å². The molecule has 0 aliphatic carbocycles. The molecule has 0 saturated carbocycles. The third-order valence-corrected chi connectivity index (χ3v) is 3.14. The molecule has 0 saturated heterocycles. The summed E-state index contributed by atoms with van der Waals surface area (Å²) < 4.78 is 32.1. The van der Waals surface area contributed by atoms with E-state index in [2.05, 4.69) is 5.32 Å². The van der Waals surface area contributed by atoms with Gasteiger partial charge in [0.05, 0.1) is 5.60 Å². The molecule has 1 rings (SSSR count). The highest BCUT2D eigenvalue weighted by atomic mass is 19.1. The summed E-state index contributed by atoms with van der Waals surface area (Å²) in [4.78, 5) is 0. The molecule has 1 atom stereocenters. The molecule has 4 heteroatoms. The first-order valence-electron chi connectivity index (χ1n) is 6.16. The zero-order chi connectivity index (χ0) is 13.8. The molecule has 1 N–H and O–H groups in total. The van der Waals surface area contributed by atoms with Crippen LogP contribution in [0, 0.1) is 11.6 Å². The highest BCUT2D eigenvalue weighted by Gasteiger charge is 2.29. The predicted octanol–water partition coefficient (Wildman–Crippen LogP) is 2.91. The molecule has 0 aromatic heterocycles. The van der Waals surface area contributed by atoms with Crippen molar-refractivity contribution in [2.75, 3.05) is 13.7 Å². The molecule has 0 fully saturated rings. The van der Waals surface area contributed by atoms with E-state index in [9.17, 15) is 8.78 Å². The summed E-state index contributed by atoms with van der Waals surface area (Å²) in [6.45, 7) is 6.43. The molecule has 1 unspecified atom stereocenters. The van der Waals surface area contributed by atoms with E-state index in [0.29, 0.717) is 18.6 Å². The molecule has 2 nitrogen and oxygen atoms in total. The van der Waals surface area contributed by atoms with Gasteiger partial charge in [0, 0.05) is 18.7 Å². The van der Waals surface area contributed by atoms with Gasteiger partial charge in [-0.3, -0.25) is 0 Å². The topological polar surface area (TPSA) is 21.3 Å². The van der Waals surface area contributed by atoms with Crippen LogP contribution in [0.3, 0.4) is 0 Å². The second-order valence-electron chi connectivity index (χ2n) is 4.82. The van der Waals surface area contributed by atoms with Crippen LogP contribution < -0.4 is 5.32 Å². The van der Waals surface area contributed by atoms with Crippen LogP contribution in [0.4, 0.5) is 8.78 Å². The maximum absolute atomic E-state index is 13.6. The Morgan fingerprint density at radius 2 is 2.00 bits per heavy atom. The Bertz CT molecular complexity index is 393. The smallest absolute Gasteiger partial charge is 0.129 e. The monoisotopic (exact) mass is 257 g/mol. The first-order chi connectivity index (χ1) is 8.40. The number of likely N-dealkylation sites (N-methyl/N-ethyl adjacent to an activating group) is 1. The molecule has 0 radical (unpaired) electrons. The van der Waals surface area contributed by atoms with Gasteiger partial charge in [-0.05, 0) is 45.9 Å². The molecule has 0 amide bonds. The zero-order valence-electron chi connectivity index (χ0n) is 11.4. The fraction of sp³-hybridized carbons (Fsp3) is 0.571. The van der Waals surface area contributed by atoms with Gasteiger partial charge < -0.3 is 10.1 Å². The van der Waals surface area contributed by atoms with Gasteiger partial charge in [0.25, 0.3) is 0 Å². The second-order valence-corrected chi connectivity index (χ2v) is 4.82. The fourth-order valence-electron chi connectivity index (χ4n) is 2.08. The number of rotatable bonds is 6. The van der Waals surface area contributed by atoms with E-state index in [-0.39, 0.29) is 6.04 Å². The number of halogens is 2. The standard InChI is InChI=1S/C14H21F2NO/c1-5-18-14(2,3)13(17-4)8-10-6-7-11(15)9-12(10)16/h6-7,9,13,17H,5,8H2,1-4H3. The molecule has 0 heterocycles. The van der Waals surface area contributed by atoms with E-state index in [4.69, 9.17) is 4.74 Å². The third kappa shape index (κ3) is 3.75. The van der Waals surface area contributed by atoms with Crippen LogP contribution in [-0.2, 0) is 11.2 Å². The minimum Gasteiger partial charge on any atom is -0.374 e. The summed E-state index contributed by atoms with van der Waals surface area (Å²) >= 11 is 0. The van der Waals surface area contributed by atoms with Crippen LogP contribution in [0.5, 0.6) is 0 Å². The predicted molar refractivity (Wildman–Crippen MR) is 68.6 cm³/mol. The summed E-state index contributed by atoms with van der Waals surface area (Å²) in [6.07, 6.45) is 0.454. The Labute approximate surface area is 107 Å². The van der Waals surface area contributed by atoms with Gasteiger partial charge in [0.2, 0.25) is 0 Å². The molecular formula is C14H21F2NO. The number of benzene rings is 1. The van der Waals surface area contributed by atoms with Crippen molar-refractivity contribution >= 4 is 0 Å². The lowest BCUT2D eigenvalue weighted by atomic mass is 9.92. The van der Waals surface area contributed by atoms with E-state index in [1.54, 1.807) is 0 Å². The minimum absolute atomic E-state index is 0.0441. The lowest BCUT2D eigenvalue weighted by Gasteiger charge is -2.34. The molecule has 1 aromatic rings. The van der Waals surface area contributed by atoms with Crippen molar-refractivity contribution in [1.82, 2.24) is 5.32 Å². The molecule has 0 spiro atoms. The lowest BCUT2D eigenvalue weighted by Crippen LogP contribution is -2.48. The molecule has 0 bridgehead atoms. The van der Waals surface area contributed by atoms with E-state index in [0.717, 1.165) is 6.07 Å². The average molecular weight is 257 g/mol. The Balaban J connectivity index is 2.85. The van der Waals surface area contributed by atoms with Gasteiger partial charge in [-0.2, -0.15) is 0 Å². The van der Waals surface area contributed by atoms with Gasteiger partial charge in [-0.15, -0.1) is 0 Å². The van der Waals surface area contributed by atoms with Crippen molar-refractivity contribution in [1.29, 1.82) is 0 Å². The van der Waals surface area contributed by atoms with Gasteiger partial charge in [-0.25, -0.2) is 8.78 Å². The summed E-state index contributed by atoms with van der Waals surface area (Å²) in [5.41, 5.74) is 0.0770. The molecular weight excluding hydrogens is 236 g/mol. The quantitative estimate of drug-likeness (QED) is 0.846. The highest BCUT2D eigenvalue weighted by molar-refractivity contribution is 5.20. The SMILES string of the molecule is CCOC(C)(C)C(Cc1ccc(F)cc1F)NC. The van der Waals surface area contributed by atoms with Crippen LogP contribution in [0.15, 0.2) is 18.2 Å². The van der Waals surface area contributed by atoms with Crippen LogP contribution >= 0.6 is 0 Å². The first-order valence-corrected chi connectivity index (χ1v) is 6.16. The summed E-state index contributed by atoms with van der Waals surface area (Å²) in [5, 5.41) is 3.13. The van der Waals surface area contributed by atoms with E-state index < -0.39 is 17.2 Å². The van der Waals surface area contributed by atoms with Crippen molar-refractivity contribution in [3.8, 4) is 0 Å².